The van der Waals surface area contributed by atoms with Crippen molar-refractivity contribution < 1.29 is 4.92 Å². The highest BCUT2D eigenvalue weighted by Gasteiger charge is 2.05. The zero-order valence-corrected chi connectivity index (χ0v) is 12.1. The van der Waals surface area contributed by atoms with Crippen LogP contribution in [0.15, 0.2) is 24.3 Å². The second-order valence-electron chi connectivity index (χ2n) is 5.53. The number of non-ortho nitro benzene ring substituents is 1. The predicted molar refractivity (Wildman–Crippen MR) is 78.1 cm³/mol. The Bertz CT molecular complexity index is 388. The van der Waals surface area contributed by atoms with E-state index in [1.54, 1.807) is 12.1 Å². The Balaban J connectivity index is 2.29. The lowest BCUT2D eigenvalue weighted by atomic mass is 10.0. The van der Waals surface area contributed by atoms with Gasteiger partial charge in [-0.3, -0.25) is 10.1 Å². The molecule has 0 radical (unpaired) electrons. The minimum atomic E-state index is -0.369. The first-order chi connectivity index (χ1) is 8.99. The van der Waals surface area contributed by atoms with E-state index in [4.69, 9.17) is 0 Å². The molecule has 4 heteroatoms. The zero-order chi connectivity index (χ0) is 14.3. The average molecular weight is 264 g/mol. The molecule has 1 atom stereocenters. The number of benzene rings is 1. The van der Waals surface area contributed by atoms with Gasteiger partial charge in [0, 0.05) is 24.7 Å². The van der Waals surface area contributed by atoms with Crippen LogP contribution >= 0.6 is 0 Å². The van der Waals surface area contributed by atoms with E-state index in [-0.39, 0.29) is 10.6 Å². The first-order valence-corrected chi connectivity index (χ1v) is 6.95. The van der Waals surface area contributed by atoms with E-state index in [1.807, 2.05) is 12.1 Å². The molecule has 19 heavy (non-hydrogen) atoms. The molecule has 0 aliphatic heterocycles. The largest absolute Gasteiger partial charge is 0.310 e. The van der Waals surface area contributed by atoms with Crippen molar-refractivity contribution in [2.24, 2.45) is 5.92 Å². The van der Waals surface area contributed by atoms with Crippen molar-refractivity contribution in [1.29, 1.82) is 0 Å². The summed E-state index contributed by atoms with van der Waals surface area (Å²) < 4.78 is 0. The molecule has 1 aromatic rings. The average Bonchev–Trinajstić information content (AvgIpc) is 2.36. The van der Waals surface area contributed by atoms with Crippen molar-refractivity contribution in [2.45, 2.75) is 52.6 Å². The summed E-state index contributed by atoms with van der Waals surface area (Å²) in [5.74, 6) is 0.766. The topological polar surface area (TPSA) is 55.2 Å². The Morgan fingerprint density at radius 1 is 1.16 bits per heavy atom. The predicted octanol–water partition coefficient (Wildman–Crippen LogP) is 3.90. The molecule has 0 aromatic heterocycles. The van der Waals surface area contributed by atoms with Gasteiger partial charge in [0.25, 0.3) is 5.69 Å². The van der Waals surface area contributed by atoms with Crippen LogP contribution in [0.4, 0.5) is 5.69 Å². The van der Waals surface area contributed by atoms with E-state index >= 15 is 0 Å². The van der Waals surface area contributed by atoms with Crippen LogP contribution in [-0.2, 0) is 6.54 Å². The van der Waals surface area contributed by atoms with Gasteiger partial charge in [-0.25, -0.2) is 0 Å². The highest BCUT2D eigenvalue weighted by molar-refractivity contribution is 5.32. The molecule has 0 spiro atoms. The van der Waals surface area contributed by atoms with Crippen molar-refractivity contribution in [1.82, 2.24) is 5.32 Å². The Kier molecular flexibility index (Phi) is 6.50. The fourth-order valence-corrected chi connectivity index (χ4v) is 1.96. The molecule has 4 nitrogen and oxygen atoms in total. The SMILES string of the molecule is CC(C)CCCC(C)NCc1ccc([N+](=O)[O-])cc1. The van der Waals surface area contributed by atoms with E-state index in [0.717, 1.165) is 18.0 Å². The fourth-order valence-electron chi connectivity index (χ4n) is 1.96. The van der Waals surface area contributed by atoms with Gasteiger partial charge in [0.15, 0.2) is 0 Å². The minimum Gasteiger partial charge on any atom is -0.310 e. The van der Waals surface area contributed by atoms with E-state index in [1.165, 1.54) is 19.3 Å². The number of hydrogen-bond donors (Lipinski definition) is 1. The molecule has 0 aliphatic carbocycles. The summed E-state index contributed by atoms with van der Waals surface area (Å²) in [7, 11) is 0. The summed E-state index contributed by atoms with van der Waals surface area (Å²) in [6.45, 7) is 7.44. The van der Waals surface area contributed by atoms with Gasteiger partial charge in [-0.15, -0.1) is 0 Å². The molecule has 106 valence electrons. The van der Waals surface area contributed by atoms with E-state index in [2.05, 4.69) is 26.1 Å². The molecule has 1 rings (SSSR count). The summed E-state index contributed by atoms with van der Waals surface area (Å²) in [5.41, 5.74) is 1.23. The van der Waals surface area contributed by atoms with E-state index in [9.17, 15) is 10.1 Å². The molecule has 0 saturated heterocycles. The Morgan fingerprint density at radius 2 is 1.79 bits per heavy atom. The molecular formula is C15H24N2O2. The molecule has 1 N–H and O–H groups in total. The fraction of sp³-hybridized carbons (Fsp3) is 0.600. The summed E-state index contributed by atoms with van der Waals surface area (Å²) in [4.78, 5) is 10.2. The monoisotopic (exact) mass is 264 g/mol. The summed E-state index contributed by atoms with van der Waals surface area (Å²) >= 11 is 0. The van der Waals surface area contributed by atoms with Gasteiger partial charge >= 0.3 is 0 Å². The summed E-state index contributed by atoms with van der Waals surface area (Å²) in [5, 5.41) is 14.0. The highest BCUT2D eigenvalue weighted by atomic mass is 16.6. The van der Waals surface area contributed by atoms with Crippen LogP contribution in [0.1, 0.15) is 45.6 Å². The smallest absolute Gasteiger partial charge is 0.269 e. The molecule has 0 heterocycles. The summed E-state index contributed by atoms with van der Waals surface area (Å²) in [6, 6.07) is 7.22. The molecule has 1 unspecified atom stereocenters. The zero-order valence-electron chi connectivity index (χ0n) is 12.1. The van der Waals surface area contributed by atoms with Gasteiger partial charge < -0.3 is 5.32 Å². The lowest BCUT2D eigenvalue weighted by Crippen LogP contribution is -2.25. The Hall–Kier alpha value is -1.42. The maximum absolute atomic E-state index is 10.5. The van der Waals surface area contributed by atoms with Crippen LogP contribution < -0.4 is 5.32 Å². The van der Waals surface area contributed by atoms with E-state index in [0.29, 0.717) is 6.04 Å². The molecule has 0 aliphatic rings. The number of nitrogens with zero attached hydrogens (tertiary/aromatic N) is 1. The number of nitro benzene ring substituents is 1. The van der Waals surface area contributed by atoms with Gasteiger partial charge in [0.1, 0.15) is 0 Å². The maximum atomic E-state index is 10.5. The third kappa shape index (κ3) is 6.34. The van der Waals surface area contributed by atoms with Gasteiger partial charge in [0.2, 0.25) is 0 Å². The summed E-state index contributed by atoms with van der Waals surface area (Å²) in [6.07, 6.45) is 3.68. The quantitative estimate of drug-likeness (QED) is 0.572. The molecule has 1 aromatic carbocycles. The lowest BCUT2D eigenvalue weighted by Gasteiger charge is -2.14. The Morgan fingerprint density at radius 3 is 2.32 bits per heavy atom. The van der Waals surface area contributed by atoms with Gasteiger partial charge in [-0.05, 0) is 24.8 Å². The minimum absolute atomic E-state index is 0.147. The van der Waals surface area contributed by atoms with Crippen LogP contribution in [0.5, 0.6) is 0 Å². The molecule has 0 amide bonds. The van der Waals surface area contributed by atoms with Crippen molar-refractivity contribution in [3.05, 3.63) is 39.9 Å². The van der Waals surface area contributed by atoms with E-state index < -0.39 is 0 Å². The van der Waals surface area contributed by atoms with Crippen LogP contribution in [0.3, 0.4) is 0 Å². The van der Waals surface area contributed by atoms with Crippen molar-refractivity contribution in [3.8, 4) is 0 Å². The number of nitrogens with one attached hydrogen (secondary N) is 1. The second kappa shape index (κ2) is 7.89. The van der Waals surface area contributed by atoms with Crippen LogP contribution in [0.25, 0.3) is 0 Å². The van der Waals surface area contributed by atoms with Crippen LogP contribution in [-0.4, -0.2) is 11.0 Å². The molecule has 0 saturated carbocycles. The molecule has 0 fully saturated rings. The lowest BCUT2D eigenvalue weighted by molar-refractivity contribution is -0.384. The van der Waals surface area contributed by atoms with Crippen LogP contribution in [0, 0.1) is 16.0 Å². The van der Waals surface area contributed by atoms with Crippen molar-refractivity contribution >= 4 is 5.69 Å². The normalized spacial score (nSPS) is 12.6. The third-order valence-electron chi connectivity index (χ3n) is 3.22. The van der Waals surface area contributed by atoms with Gasteiger partial charge in [-0.2, -0.15) is 0 Å². The molecular weight excluding hydrogens is 240 g/mol. The molecule has 0 bridgehead atoms. The maximum Gasteiger partial charge on any atom is 0.269 e. The van der Waals surface area contributed by atoms with Crippen molar-refractivity contribution in [3.63, 3.8) is 0 Å². The van der Waals surface area contributed by atoms with Crippen LogP contribution in [0.2, 0.25) is 0 Å². The number of rotatable bonds is 8. The Labute approximate surface area is 115 Å². The highest BCUT2D eigenvalue weighted by Crippen LogP contribution is 2.12. The number of nitro groups is 1. The first-order valence-electron chi connectivity index (χ1n) is 6.95. The third-order valence-corrected chi connectivity index (χ3v) is 3.22. The number of hydrogen-bond acceptors (Lipinski definition) is 3. The standard InChI is InChI=1S/C15H24N2O2/c1-12(2)5-4-6-13(3)16-11-14-7-9-15(10-8-14)17(18)19/h7-10,12-13,16H,4-6,11H2,1-3H3. The second-order valence-corrected chi connectivity index (χ2v) is 5.53. The van der Waals surface area contributed by atoms with Gasteiger partial charge in [0.05, 0.1) is 4.92 Å². The first kappa shape index (κ1) is 15.6. The van der Waals surface area contributed by atoms with Crippen molar-refractivity contribution in [2.75, 3.05) is 0 Å². The van der Waals surface area contributed by atoms with Gasteiger partial charge in [-0.1, -0.05) is 38.8 Å².